The zero-order valence-corrected chi connectivity index (χ0v) is 26.3. The fourth-order valence-electron chi connectivity index (χ4n) is 6.05. The summed E-state index contributed by atoms with van der Waals surface area (Å²) in [7, 11) is 0. The van der Waals surface area contributed by atoms with Gasteiger partial charge in [0.1, 0.15) is 54.9 Å². The molecule has 0 aromatic heterocycles. The van der Waals surface area contributed by atoms with Crippen molar-refractivity contribution in [2.24, 2.45) is 5.92 Å². The molecule has 0 aliphatic carbocycles. The summed E-state index contributed by atoms with van der Waals surface area (Å²) in [4.78, 5) is 0. The topological polar surface area (TPSA) is 206 Å². The minimum absolute atomic E-state index is 0.170. The number of benzene rings is 2. The molecule has 5 rings (SSSR count). The molecule has 0 radical (unpaired) electrons. The number of hydrogen-bond donors (Lipinski definition) is 7. The molecule has 47 heavy (non-hydrogen) atoms. The molecule has 0 spiro atoms. The van der Waals surface area contributed by atoms with Crippen molar-refractivity contribution >= 4 is 0 Å². The largest absolute Gasteiger partial charge is 0.394 e. The molecule has 3 heterocycles. The van der Waals surface area contributed by atoms with Crippen molar-refractivity contribution in [1.82, 2.24) is 0 Å². The average Bonchev–Trinajstić information content (AvgIpc) is 3.09. The first-order valence-corrected chi connectivity index (χ1v) is 15.8. The zero-order valence-electron chi connectivity index (χ0n) is 26.3. The smallest absolute Gasteiger partial charge is 0.187 e. The van der Waals surface area contributed by atoms with Crippen LogP contribution in [0.15, 0.2) is 60.7 Å². The minimum Gasteiger partial charge on any atom is -0.394 e. The van der Waals surface area contributed by atoms with Crippen LogP contribution in [0.4, 0.5) is 0 Å². The van der Waals surface area contributed by atoms with Crippen molar-refractivity contribution in [3.05, 3.63) is 71.8 Å². The van der Waals surface area contributed by atoms with Gasteiger partial charge in [0.2, 0.25) is 0 Å². The molecule has 3 fully saturated rings. The predicted molar refractivity (Wildman–Crippen MR) is 161 cm³/mol. The summed E-state index contributed by atoms with van der Waals surface area (Å²) in [5.41, 5.74) is 1.82. The quantitative estimate of drug-likeness (QED) is 0.148. The van der Waals surface area contributed by atoms with E-state index in [0.29, 0.717) is 0 Å². The second-order valence-corrected chi connectivity index (χ2v) is 12.2. The molecule has 3 aliphatic heterocycles. The Kier molecular flexibility index (Phi) is 12.7. The molecule has 7 N–H and O–H groups in total. The lowest BCUT2D eigenvalue weighted by molar-refractivity contribution is -0.387. The zero-order chi connectivity index (χ0) is 33.7. The van der Waals surface area contributed by atoms with Gasteiger partial charge in [0, 0.05) is 5.92 Å². The first kappa shape index (κ1) is 36.2. The van der Waals surface area contributed by atoms with Gasteiger partial charge < -0.3 is 68.9 Å². The molecule has 14 heteroatoms. The molecule has 262 valence electrons. The maximum absolute atomic E-state index is 11.3. The summed E-state index contributed by atoms with van der Waals surface area (Å²) in [6, 6.07) is 19.1. The van der Waals surface area contributed by atoms with Crippen molar-refractivity contribution in [3.63, 3.8) is 0 Å². The first-order valence-electron chi connectivity index (χ1n) is 15.8. The summed E-state index contributed by atoms with van der Waals surface area (Å²) in [5.74, 6) is -0.170. The summed E-state index contributed by atoms with van der Waals surface area (Å²) < 4.78 is 42.5. The van der Waals surface area contributed by atoms with Crippen LogP contribution in [0.3, 0.4) is 0 Å². The lowest BCUT2D eigenvalue weighted by atomic mass is 9.90. The van der Waals surface area contributed by atoms with Crippen LogP contribution in [0.5, 0.6) is 0 Å². The van der Waals surface area contributed by atoms with E-state index in [1.807, 2.05) is 74.5 Å². The van der Waals surface area contributed by atoms with Gasteiger partial charge in [0.05, 0.1) is 38.6 Å². The third-order valence-corrected chi connectivity index (χ3v) is 9.02. The summed E-state index contributed by atoms with van der Waals surface area (Å²) >= 11 is 0. The van der Waals surface area contributed by atoms with E-state index in [0.717, 1.165) is 11.1 Å². The monoisotopic (exact) mass is 666 g/mol. The number of aliphatic hydroxyl groups is 7. The van der Waals surface area contributed by atoms with E-state index < -0.39 is 99.2 Å². The highest BCUT2D eigenvalue weighted by Gasteiger charge is 2.54. The van der Waals surface area contributed by atoms with Crippen LogP contribution in [0, 0.1) is 5.92 Å². The molecule has 2 aromatic rings. The Balaban J connectivity index is 1.42. The molecular weight excluding hydrogens is 620 g/mol. The highest BCUT2D eigenvalue weighted by Crippen LogP contribution is 2.36. The molecule has 7 unspecified atom stereocenters. The van der Waals surface area contributed by atoms with Crippen molar-refractivity contribution in [2.75, 3.05) is 13.2 Å². The van der Waals surface area contributed by atoms with E-state index in [1.165, 1.54) is 0 Å². The highest BCUT2D eigenvalue weighted by molar-refractivity contribution is 5.14. The number of rotatable bonds is 12. The normalized spacial score (nSPS) is 41.1. The van der Waals surface area contributed by atoms with Gasteiger partial charge in [0.25, 0.3) is 0 Å². The lowest BCUT2D eigenvalue weighted by Gasteiger charge is -2.49. The van der Waals surface area contributed by atoms with Crippen molar-refractivity contribution in [1.29, 1.82) is 0 Å². The fraction of sp³-hybridized carbons (Fsp3) is 0.636. The third-order valence-electron chi connectivity index (χ3n) is 9.02. The molecule has 3 aliphatic rings. The molecule has 3 saturated heterocycles. The van der Waals surface area contributed by atoms with E-state index >= 15 is 0 Å². The first-order chi connectivity index (χ1) is 22.6. The van der Waals surface area contributed by atoms with Gasteiger partial charge in [0.15, 0.2) is 18.9 Å². The minimum atomic E-state index is -1.80. The summed E-state index contributed by atoms with van der Waals surface area (Å²) in [6.07, 6.45) is -18.9. The standard InChI is InChI=1S/C33H46O14/c1-17-18(2)43-33(30(42-16-20-11-7-4-8-12-20)27(17)41-15-19-9-5-3-6-10-19)47-29-24(37)23(36)21(13-34)45-32(29)46-28-22(14-35)44-31(40)26(39)25(28)38/h3-12,17-18,21-40H,13-16H2,1-2H3/t17-,18?,21?,22?,23+,24+,25-,26?,27+,28-,29?,30?,31?,32+,33+/m1/s1. The molecule has 2 aromatic carbocycles. The molecule has 14 nitrogen and oxygen atoms in total. The maximum atomic E-state index is 11.3. The maximum Gasteiger partial charge on any atom is 0.187 e. The Labute approximate surface area is 272 Å². The van der Waals surface area contributed by atoms with Crippen LogP contribution in [0.2, 0.25) is 0 Å². The van der Waals surface area contributed by atoms with Gasteiger partial charge in [-0.2, -0.15) is 0 Å². The summed E-state index contributed by atoms with van der Waals surface area (Å²) in [6.45, 7) is 2.84. The van der Waals surface area contributed by atoms with Gasteiger partial charge in [-0.15, -0.1) is 0 Å². The number of aliphatic hydroxyl groups excluding tert-OH is 7. The molecular formula is C33H46O14. The second-order valence-electron chi connectivity index (χ2n) is 12.2. The molecule has 15 atom stereocenters. The molecule has 0 bridgehead atoms. The van der Waals surface area contributed by atoms with Gasteiger partial charge >= 0.3 is 0 Å². The average molecular weight is 667 g/mol. The van der Waals surface area contributed by atoms with Crippen LogP contribution < -0.4 is 0 Å². The second kappa shape index (κ2) is 16.5. The van der Waals surface area contributed by atoms with Crippen molar-refractivity contribution in [2.45, 2.75) is 113 Å². The van der Waals surface area contributed by atoms with E-state index in [2.05, 4.69) is 0 Å². The Bertz CT molecular complexity index is 1210. The Morgan fingerprint density at radius 3 is 1.64 bits per heavy atom. The van der Waals surface area contributed by atoms with Gasteiger partial charge in [-0.05, 0) is 18.1 Å². The Morgan fingerprint density at radius 1 is 0.553 bits per heavy atom. The van der Waals surface area contributed by atoms with Crippen LogP contribution >= 0.6 is 0 Å². The Morgan fingerprint density at radius 2 is 1.06 bits per heavy atom. The third kappa shape index (κ3) is 8.37. The van der Waals surface area contributed by atoms with Crippen LogP contribution in [-0.2, 0) is 46.4 Å². The van der Waals surface area contributed by atoms with Gasteiger partial charge in [-0.25, -0.2) is 0 Å². The Hall–Kier alpha value is -2.12. The molecule has 0 saturated carbocycles. The van der Waals surface area contributed by atoms with Gasteiger partial charge in [-0.1, -0.05) is 67.6 Å². The lowest BCUT2D eigenvalue weighted by Crippen LogP contribution is -2.66. The fourth-order valence-corrected chi connectivity index (χ4v) is 6.05. The van der Waals surface area contributed by atoms with E-state index in [4.69, 9.17) is 33.2 Å². The SMILES string of the molecule is CC1O[C@@H](OC2[C@H](O[C@@H]3C(CO)OC(O)C(O)[C@H]3O)OC(CO)[C@H](O)[C@@H]2O)C(OCc2ccccc2)[C@@H](OCc2ccccc2)[C@@H]1C. The van der Waals surface area contributed by atoms with Crippen LogP contribution in [0.1, 0.15) is 25.0 Å². The van der Waals surface area contributed by atoms with E-state index in [9.17, 15) is 35.7 Å². The van der Waals surface area contributed by atoms with Crippen LogP contribution in [-0.4, -0.2) is 135 Å². The highest BCUT2D eigenvalue weighted by atomic mass is 16.8. The van der Waals surface area contributed by atoms with Crippen molar-refractivity contribution in [3.8, 4) is 0 Å². The number of hydrogen-bond acceptors (Lipinski definition) is 14. The predicted octanol–water partition coefficient (Wildman–Crippen LogP) is -0.821. The van der Waals surface area contributed by atoms with E-state index in [-0.39, 0.29) is 19.1 Å². The van der Waals surface area contributed by atoms with Crippen molar-refractivity contribution < 1.29 is 68.9 Å². The van der Waals surface area contributed by atoms with Crippen LogP contribution in [0.25, 0.3) is 0 Å². The van der Waals surface area contributed by atoms with E-state index in [1.54, 1.807) is 0 Å². The van der Waals surface area contributed by atoms with Gasteiger partial charge in [-0.3, -0.25) is 0 Å². The number of ether oxygens (including phenoxy) is 7. The molecule has 0 amide bonds. The summed E-state index contributed by atoms with van der Waals surface area (Å²) in [5, 5.41) is 72.7.